The van der Waals surface area contributed by atoms with Crippen LogP contribution in [0.15, 0.2) is 12.1 Å². The molecule has 1 aromatic rings. The second kappa shape index (κ2) is 3.64. The van der Waals surface area contributed by atoms with Crippen LogP contribution in [0, 0.1) is 10.5 Å². The number of nitrogen functional groups attached to an aromatic ring is 1. The maximum atomic E-state index is 5.95. The highest BCUT2D eigenvalue weighted by Gasteiger charge is 2.06. The molecule has 1 aromatic carbocycles. The fourth-order valence-corrected chi connectivity index (χ4v) is 2.06. The topological polar surface area (TPSA) is 26.0 Å². The van der Waals surface area contributed by atoms with E-state index in [0.717, 1.165) is 5.69 Å². The molecule has 66 valence electrons. The van der Waals surface area contributed by atoms with Gasteiger partial charge >= 0.3 is 0 Å². The SMILES string of the molecule is Cc1cc(I)cc(C(C)C)c1N. The van der Waals surface area contributed by atoms with Gasteiger partial charge in [0.15, 0.2) is 0 Å². The van der Waals surface area contributed by atoms with E-state index in [-0.39, 0.29) is 0 Å². The summed E-state index contributed by atoms with van der Waals surface area (Å²) in [6.45, 7) is 6.39. The molecule has 12 heavy (non-hydrogen) atoms. The molecular formula is C10H14IN. The Balaban J connectivity index is 3.28. The average Bonchev–Trinajstić information content (AvgIpc) is 1.96. The minimum Gasteiger partial charge on any atom is -0.398 e. The predicted octanol–water partition coefficient (Wildman–Crippen LogP) is 3.31. The summed E-state index contributed by atoms with van der Waals surface area (Å²) in [7, 11) is 0. The van der Waals surface area contributed by atoms with Gasteiger partial charge in [0.2, 0.25) is 0 Å². The minimum absolute atomic E-state index is 0.512. The Morgan fingerprint density at radius 1 is 1.33 bits per heavy atom. The van der Waals surface area contributed by atoms with Crippen LogP contribution in [-0.4, -0.2) is 0 Å². The van der Waals surface area contributed by atoms with Crippen molar-refractivity contribution in [3.63, 3.8) is 0 Å². The third kappa shape index (κ3) is 1.91. The normalized spacial score (nSPS) is 10.8. The Hall–Kier alpha value is -0.250. The van der Waals surface area contributed by atoms with Crippen LogP contribution >= 0.6 is 22.6 Å². The molecule has 0 radical (unpaired) electrons. The van der Waals surface area contributed by atoms with Crippen molar-refractivity contribution in [3.8, 4) is 0 Å². The minimum atomic E-state index is 0.512. The Bertz CT molecular complexity index is 292. The summed E-state index contributed by atoms with van der Waals surface area (Å²) in [4.78, 5) is 0. The molecule has 0 amide bonds. The van der Waals surface area contributed by atoms with Gasteiger partial charge in [0.1, 0.15) is 0 Å². The molecule has 1 rings (SSSR count). The van der Waals surface area contributed by atoms with Crippen molar-refractivity contribution >= 4 is 28.3 Å². The van der Waals surface area contributed by atoms with Crippen molar-refractivity contribution < 1.29 is 0 Å². The highest BCUT2D eigenvalue weighted by Crippen LogP contribution is 2.26. The quantitative estimate of drug-likeness (QED) is 0.617. The number of halogens is 1. The number of benzene rings is 1. The summed E-state index contributed by atoms with van der Waals surface area (Å²) in [5.41, 5.74) is 9.35. The molecule has 0 fully saturated rings. The number of hydrogen-bond donors (Lipinski definition) is 1. The molecule has 0 bridgehead atoms. The first-order chi connectivity index (χ1) is 5.52. The third-order valence-electron chi connectivity index (χ3n) is 2.01. The standard InChI is InChI=1S/C10H14IN/c1-6(2)9-5-8(11)4-7(3)10(9)12/h4-6H,12H2,1-3H3. The zero-order valence-corrected chi connectivity index (χ0v) is 9.84. The van der Waals surface area contributed by atoms with Gasteiger partial charge in [-0.3, -0.25) is 0 Å². The Morgan fingerprint density at radius 3 is 2.42 bits per heavy atom. The second-order valence-electron chi connectivity index (χ2n) is 3.38. The molecule has 2 heteroatoms. The molecule has 0 aliphatic carbocycles. The average molecular weight is 275 g/mol. The molecule has 0 saturated heterocycles. The van der Waals surface area contributed by atoms with E-state index in [4.69, 9.17) is 5.73 Å². The van der Waals surface area contributed by atoms with Crippen LogP contribution < -0.4 is 5.73 Å². The van der Waals surface area contributed by atoms with E-state index in [9.17, 15) is 0 Å². The van der Waals surface area contributed by atoms with Crippen molar-refractivity contribution in [2.45, 2.75) is 26.7 Å². The first-order valence-corrected chi connectivity index (χ1v) is 5.15. The maximum Gasteiger partial charge on any atom is 0.0379 e. The summed E-state index contributed by atoms with van der Waals surface area (Å²) in [6, 6.07) is 4.27. The Kier molecular flexibility index (Phi) is 2.99. The van der Waals surface area contributed by atoms with Crippen LogP contribution in [0.5, 0.6) is 0 Å². The molecule has 1 nitrogen and oxygen atoms in total. The number of rotatable bonds is 1. The molecule has 0 atom stereocenters. The van der Waals surface area contributed by atoms with Gasteiger partial charge in [0, 0.05) is 9.26 Å². The van der Waals surface area contributed by atoms with E-state index in [1.165, 1.54) is 14.7 Å². The number of hydrogen-bond acceptors (Lipinski definition) is 1. The van der Waals surface area contributed by atoms with Crippen molar-refractivity contribution in [2.24, 2.45) is 0 Å². The van der Waals surface area contributed by atoms with Gasteiger partial charge in [0.25, 0.3) is 0 Å². The lowest BCUT2D eigenvalue weighted by Gasteiger charge is -2.12. The molecular weight excluding hydrogens is 261 g/mol. The molecule has 0 aliphatic rings. The fraction of sp³-hybridized carbons (Fsp3) is 0.400. The number of nitrogens with two attached hydrogens (primary N) is 1. The van der Waals surface area contributed by atoms with Crippen LogP contribution in [0.1, 0.15) is 30.9 Å². The highest BCUT2D eigenvalue weighted by molar-refractivity contribution is 14.1. The van der Waals surface area contributed by atoms with E-state index in [1.807, 2.05) is 0 Å². The van der Waals surface area contributed by atoms with E-state index in [1.54, 1.807) is 0 Å². The van der Waals surface area contributed by atoms with Crippen LogP contribution in [0.2, 0.25) is 0 Å². The van der Waals surface area contributed by atoms with Crippen molar-refractivity contribution in [2.75, 3.05) is 5.73 Å². The van der Waals surface area contributed by atoms with Gasteiger partial charge in [-0.25, -0.2) is 0 Å². The van der Waals surface area contributed by atoms with Gasteiger partial charge in [-0.05, 0) is 58.7 Å². The van der Waals surface area contributed by atoms with Gasteiger partial charge in [-0.2, -0.15) is 0 Å². The van der Waals surface area contributed by atoms with E-state index >= 15 is 0 Å². The van der Waals surface area contributed by atoms with Crippen LogP contribution in [-0.2, 0) is 0 Å². The van der Waals surface area contributed by atoms with Crippen LogP contribution in [0.25, 0.3) is 0 Å². The summed E-state index contributed by atoms with van der Waals surface area (Å²) in [5, 5.41) is 0. The number of anilines is 1. The van der Waals surface area contributed by atoms with E-state index in [0.29, 0.717) is 5.92 Å². The summed E-state index contributed by atoms with van der Waals surface area (Å²) in [6.07, 6.45) is 0. The first kappa shape index (κ1) is 9.84. The Morgan fingerprint density at radius 2 is 1.92 bits per heavy atom. The lowest BCUT2D eigenvalue weighted by atomic mass is 9.99. The largest absolute Gasteiger partial charge is 0.398 e. The molecule has 0 unspecified atom stereocenters. The lowest BCUT2D eigenvalue weighted by molar-refractivity contribution is 0.867. The lowest BCUT2D eigenvalue weighted by Crippen LogP contribution is -1.99. The van der Waals surface area contributed by atoms with Crippen molar-refractivity contribution in [1.82, 2.24) is 0 Å². The fourth-order valence-electron chi connectivity index (χ4n) is 1.26. The molecule has 0 aromatic heterocycles. The van der Waals surface area contributed by atoms with E-state index < -0.39 is 0 Å². The summed E-state index contributed by atoms with van der Waals surface area (Å²) in [5.74, 6) is 0.512. The monoisotopic (exact) mass is 275 g/mol. The maximum absolute atomic E-state index is 5.95. The van der Waals surface area contributed by atoms with Gasteiger partial charge in [-0.15, -0.1) is 0 Å². The van der Waals surface area contributed by atoms with Gasteiger partial charge in [-0.1, -0.05) is 13.8 Å². The van der Waals surface area contributed by atoms with Crippen LogP contribution in [0.3, 0.4) is 0 Å². The molecule has 0 saturated carbocycles. The zero-order chi connectivity index (χ0) is 9.30. The van der Waals surface area contributed by atoms with Crippen LogP contribution in [0.4, 0.5) is 5.69 Å². The Labute approximate surface area is 87.5 Å². The molecule has 0 heterocycles. The summed E-state index contributed by atoms with van der Waals surface area (Å²) < 4.78 is 1.27. The highest BCUT2D eigenvalue weighted by atomic mass is 127. The number of aryl methyl sites for hydroxylation is 1. The van der Waals surface area contributed by atoms with Crippen molar-refractivity contribution in [1.29, 1.82) is 0 Å². The smallest absolute Gasteiger partial charge is 0.0379 e. The predicted molar refractivity (Wildman–Crippen MR) is 62.4 cm³/mol. The van der Waals surface area contributed by atoms with E-state index in [2.05, 4.69) is 55.5 Å². The van der Waals surface area contributed by atoms with Gasteiger partial charge < -0.3 is 5.73 Å². The summed E-state index contributed by atoms with van der Waals surface area (Å²) >= 11 is 2.33. The zero-order valence-electron chi connectivity index (χ0n) is 7.69. The first-order valence-electron chi connectivity index (χ1n) is 4.08. The van der Waals surface area contributed by atoms with Crippen molar-refractivity contribution in [3.05, 3.63) is 26.8 Å². The van der Waals surface area contributed by atoms with Gasteiger partial charge in [0.05, 0.1) is 0 Å². The molecule has 0 aliphatic heterocycles. The second-order valence-corrected chi connectivity index (χ2v) is 4.63. The third-order valence-corrected chi connectivity index (χ3v) is 2.63. The molecule has 0 spiro atoms. The molecule has 2 N–H and O–H groups in total.